The van der Waals surface area contributed by atoms with E-state index in [9.17, 15) is 18.7 Å². The molecule has 0 aliphatic carbocycles. The molecule has 0 spiro atoms. The smallest absolute Gasteiger partial charge is 0.266 e. The summed E-state index contributed by atoms with van der Waals surface area (Å²) in [6, 6.07) is 0. The molecule has 0 radical (unpaired) electrons. The summed E-state index contributed by atoms with van der Waals surface area (Å²) >= 11 is 2.78. The van der Waals surface area contributed by atoms with E-state index in [-0.39, 0.29) is 4.60 Å². The van der Waals surface area contributed by atoms with Crippen molar-refractivity contribution in [2.24, 2.45) is 5.73 Å². The number of nitrogens with two attached hydrogens (primary N) is 1. The van der Waals surface area contributed by atoms with Crippen LogP contribution >= 0.6 is 15.9 Å². The SMILES string of the molecule is NC(=O)c1c(C(F)F)cnc(Br)c1O. The monoisotopic (exact) mass is 266 g/mol. The van der Waals surface area contributed by atoms with E-state index in [1.54, 1.807) is 0 Å². The van der Waals surface area contributed by atoms with Crippen molar-refractivity contribution >= 4 is 21.8 Å². The molecule has 0 aliphatic rings. The van der Waals surface area contributed by atoms with Crippen LogP contribution in [0.5, 0.6) is 5.75 Å². The second kappa shape index (κ2) is 3.87. The predicted molar refractivity (Wildman–Crippen MR) is 47.1 cm³/mol. The predicted octanol–water partition coefficient (Wildman–Crippen LogP) is 1.59. The van der Waals surface area contributed by atoms with E-state index in [2.05, 4.69) is 20.9 Å². The summed E-state index contributed by atoms with van der Waals surface area (Å²) in [6.07, 6.45) is -2.13. The number of rotatable bonds is 2. The second-order valence-electron chi connectivity index (χ2n) is 2.39. The number of aromatic hydroxyl groups is 1. The lowest BCUT2D eigenvalue weighted by molar-refractivity contribution is 0.0982. The molecule has 0 aromatic carbocycles. The zero-order valence-corrected chi connectivity index (χ0v) is 8.25. The molecule has 1 amide bonds. The maximum atomic E-state index is 12.3. The van der Waals surface area contributed by atoms with Gasteiger partial charge in [0.2, 0.25) is 0 Å². The Morgan fingerprint density at radius 1 is 1.64 bits per heavy atom. The summed E-state index contributed by atoms with van der Waals surface area (Å²) in [5.74, 6) is -1.80. The highest BCUT2D eigenvalue weighted by atomic mass is 79.9. The second-order valence-corrected chi connectivity index (χ2v) is 3.14. The fraction of sp³-hybridized carbons (Fsp3) is 0.143. The number of halogens is 3. The summed E-state index contributed by atoms with van der Waals surface area (Å²) in [5, 5.41) is 9.25. The fourth-order valence-electron chi connectivity index (χ4n) is 0.916. The van der Waals surface area contributed by atoms with Gasteiger partial charge < -0.3 is 10.8 Å². The molecule has 7 heteroatoms. The summed E-state index contributed by atoms with van der Waals surface area (Å²) in [6.45, 7) is 0. The number of aromatic nitrogens is 1. The largest absolute Gasteiger partial charge is 0.504 e. The van der Waals surface area contributed by atoms with Crippen molar-refractivity contribution in [1.82, 2.24) is 4.98 Å². The molecule has 0 atom stereocenters. The number of carbonyl (C=O) groups excluding carboxylic acids is 1. The van der Waals surface area contributed by atoms with Crippen LogP contribution in [0, 0.1) is 0 Å². The molecule has 0 fully saturated rings. The van der Waals surface area contributed by atoms with Crippen LogP contribution in [-0.2, 0) is 0 Å². The third-order valence-electron chi connectivity index (χ3n) is 1.52. The van der Waals surface area contributed by atoms with Gasteiger partial charge in [-0.1, -0.05) is 0 Å². The van der Waals surface area contributed by atoms with Crippen LogP contribution in [0.15, 0.2) is 10.8 Å². The Morgan fingerprint density at radius 3 is 2.64 bits per heavy atom. The van der Waals surface area contributed by atoms with Crippen LogP contribution in [-0.4, -0.2) is 16.0 Å². The lowest BCUT2D eigenvalue weighted by Crippen LogP contribution is -2.15. The van der Waals surface area contributed by atoms with E-state index in [0.717, 1.165) is 6.20 Å². The lowest BCUT2D eigenvalue weighted by Gasteiger charge is -2.07. The van der Waals surface area contributed by atoms with E-state index in [4.69, 9.17) is 5.73 Å². The van der Waals surface area contributed by atoms with Gasteiger partial charge in [0.05, 0.1) is 11.1 Å². The highest BCUT2D eigenvalue weighted by molar-refractivity contribution is 9.10. The molecule has 0 bridgehead atoms. The van der Waals surface area contributed by atoms with Gasteiger partial charge in [0.15, 0.2) is 5.75 Å². The average Bonchev–Trinajstić information content (AvgIpc) is 2.08. The zero-order valence-electron chi connectivity index (χ0n) is 6.67. The van der Waals surface area contributed by atoms with Crippen LogP contribution in [0.25, 0.3) is 0 Å². The van der Waals surface area contributed by atoms with Crippen LogP contribution in [0.4, 0.5) is 8.78 Å². The first kappa shape index (κ1) is 10.8. The first-order chi connectivity index (χ1) is 6.45. The number of pyridine rings is 1. The first-order valence-corrected chi connectivity index (χ1v) is 4.19. The first-order valence-electron chi connectivity index (χ1n) is 3.40. The Hall–Kier alpha value is -1.24. The Balaban J connectivity index is 3.45. The normalized spacial score (nSPS) is 10.6. The summed E-state index contributed by atoms with van der Waals surface area (Å²) in [4.78, 5) is 14.2. The van der Waals surface area contributed by atoms with Gasteiger partial charge in [0.25, 0.3) is 12.3 Å². The zero-order chi connectivity index (χ0) is 10.9. The van der Waals surface area contributed by atoms with E-state index in [0.29, 0.717) is 0 Å². The summed E-state index contributed by atoms with van der Waals surface area (Å²) in [7, 11) is 0. The number of amides is 1. The van der Waals surface area contributed by atoms with Crippen molar-refractivity contribution in [1.29, 1.82) is 0 Å². The van der Waals surface area contributed by atoms with Gasteiger partial charge >= 0.3 is 0 Å². The van der Waals surface area contributed by atoms with Crippen molar-refractivity contribution in [3.63, 3.8) is 0 Å². The van der Waals surface area contributed by atoms with Crippen LogP contribution in [0.1, 0.15) is 22.3 Å². The summed E-state index contributed by atoms with van der Waals surface area (Å²) in [5.41, 5.74) is 3.55. The maximum Gasteiger partial charge on any atom is 0.266 e. The van der Waals surface area contributed by atoms with E-state index < -0.39 is 29.2 Å². The standard InChI is InChI=1S/C7H5BrF2N2O2/c8-5-4(13)3(7(11)14)2(1-12-5)6(9)10/h1,6,13H,(H2,11,14). The minimum Gasteiger partial charge on any atom is -0.504 e. The van der Waals surface area contributed by atoms with Gasteiger partial charge in [-0.25, -0.2) is 13.8 Å². The van der Waals surface area contributed by atoms with Crippen molar-refractivity contribution < 1.29 is 18.7 Å². The molecular formula is C7H5BrF2N2O2. The maximum absolute atomic E-state index is 12.3. The van der Waals surface area contributed by atoms with Crippen molar-refractivity contribution in [2.45, 2.75) is 6.43 Å². The average molecular weight is 267 g/mol. The molecule has 14 heavy (non-hydrogen) atoms. The molecule has 0 saturated carbocycles. The quantitative estimate of drug-likeness (QED) is 0.799. The molecular weight excluding hydrogens is 262 g/mol. The molecule has 3 N–H and O–H groups in total. The molecule has 4 nitrogen and oxygen atoms in total. The van der Waals surface area contributed by atoms with E-state index in [1.165, 1.54) is 0 Å². The van der Waals surface area contributed by atoms with Crippen molar-refractivity contribution in [2.75, 3.05) is 0 Å². The Labute approximate surface area is 85.9 Å². The Bertz CT molecular complexity index is 384. The Kier molecular flexibility index (Phi) is 3.00. The number of carbonyl (C=O) groups is 1. The number of hydrogen-bond donors (Lipinski definition) is 2. The molecule has 1 aromatic rings. The number of primary amides is 1. The third kappa shape index (κ3) is 1.82. The number of alkyl halides is 2. The van der Waals surface area contributed by atoms with Crippen molar-refractivity contribution in [3.8, 4) is 5.75 Å². The van der Waals surface area contributed by atoms with Gasteiger partial charge in [-0.3, -0.25) is 4.79 Å². The van der Waals surface area contributed by atoms with Gasteiger partial charge in [0, 0.05) is 6.20 Å². The third-order valence-corrected chi connectivity index (χ3v) is 2.10. The molecule has 0 aliphatic heterocycles. The molecule has 0 unspecified atom stereocenters. The highest BCUT2D eigenvalue weighted by Gasteiger charge is 2.22. The molecule has 76 valence electrons. The van der Waals surface area contributed by atoms with Crippen LogP contribution < -0.4 is 5.73 Å². The van der Waals surface area contributed by atoms with Crippen LogP contribution in [0.3, 0.4) is 0 Å². The molecule has 1 heterocycles. The molecule has 1 rings (SSSR count). The topological polar surface area (TPSA) is 76.2 Å². The van der Waals surface area contributed by atoms with Gasteiger partial charge in [-0.05, 0) is 15.9 Å². The highest BCUT2D eigenvalue weighted by Crippen LogP contribution is 2.32. The van der Waals surface area contributed by atoms with E-state index >= 15 is 0 Å². The van der Waals surface area contributed by atoms with Gasteiger partial charge in [0.1, 0.15) is 4.60 Å². The fourth-order valence-corrected chi connectivity index (χ4v) is 1.22. The van der Waals surface area contributed by atoms with E-state index in [1.807, 2.05) is 0 Å². The van der Waals surface area contributed by atoms with Crippen molar-refractivity contribution in [3.05, 3.63) is 21.9 Å². The number of hydrogen-bond acceptors (Lipinski definition) is 3. The minimum atomic E-state index is -2.91. The van der Waals surface area contributed by atoms with Gasteiger partial charge in [-0.2, -0.15) is 0 Å². The summed E-state index contributed by atoms with van der Waals surface area (Å²) < 4.78 is 24.5. The number of nitrogens with zero attached hydrogens (tertiary/aromatic N) is 1. The molecule has 0 saturated heterocycles. The molecule has 1 aromatic heterocycles. The van der Waals surface area contributed by atoms with Gasteiger partial charge in [-0.15, -0.1) is 0 Å². The minimum absolute atomic E-state index is 0.101. The Morgan fingerprint density at radius 2 is 2.21 bits per heavy atom. The lowest BCUT2D eigenvalue weighted by atomic mass is 10.1. The van der Waals surface area contributed by atoms with Crippen LogP contribution in [0.2, 0.25) is 0 Å².